The Bertz CT molecular complexity index is 2330. The number of para-hydroxylation sites is 2. The van der Waals surface area contributed by atoms with Crippen molar-refractivity contribution in [2.45, 2.75) is 9.79 Å². The minimum Gasteiger partial charge on any atom is -0.497 e. The number of benzene rings is 6. The minimum atomic E-state index is -3.98. The Balaban J connectivity index is 1.09. The summed E-state index contributed by atoms with van der Waals surface area (Å²) in [7, 11) is -5.00. The van der Waals surface area contributed by atoms with Gasteiger partial charge in [0.25, 0.3) is 31.9 Å². The quantitative estimate of drug-likeness (QED) is 0.0939. The van der Waals surface area contributed by atoms with Gasteiger partial charge in [-0.25, -0.2) is 16.8 Å². The van der Waals surface area contributed by atoms with Crippen molar-refractivity contribution in [1.82, 2.24) is 0 Å². The molecule has 0 aliphatic carbocycles. The number of carbonyl (C=O) groups excluding carboxylic acids is 2. The van der Waals surface area contributed by atoms with E-state index in [1.165, 1.54) is 87.0 Å². The van der Waals surface area contributed by atoms with E-state index in [0.717, 1.165) is 11.1 Å². The predicted octanol–water partition coefficient (Wildman–Crippen LogP) is 7.48. The number of anilines is 4. The molecule has 6 aromatic carbocycles. The Hall–Kier alpha value is -6.64. The molecule has 0 bridgehead atoms. The summed E-state index contributed by atoms with van der Waals surface area (Å²) < 4.78 is 67.3. The summed E-state index contributed by atoms with van der Waals surface area (Å²) in [5.74, 6) is 0.00423. The molecule has 2 amide bonds. The van der Waals surface area contributed by atoms with Gasteiger partial charge in [-0.05, 0) is 108 Å². The molecular weight excluding hydrogens is 729 g/mol. The molecule has 0 unspecified atom stereocenters. The SMILES string of the molecule is COc1ccc(S(=O)(=O)Nc2ccccc2C(=O)Nc2ccc(-c3ccc(NC(=O)c4ccccc4NS(=O)(=O)c4ccc(OC)cc4)cc3)cc2)cc1. The van der Waals surface area contributed by atoms with E-state index >= 15 is 0 Å². The molecule has 0 aromatic heterocycles. The van der Waals surface area contributed by atoms with Gasteiger partial charge in [0.05, 0.1) is 46.5 Å². The first-order valence-electron chi connectivity index (χ1n) is 16.3. The zero-order valence-electron chi connectivity index (χ0n) is 28.9. The average Bonchev–Trinajstić information content (AvgIpc) is 3.18. The molecular formula is C40H34N4O8S2. The normalized spacial score (nSPS) is 11.2. The van der Waals surface area contributed by atoms with Crippen molar-refractivity contribution in [1.29, 1.82) is 0 Å². The molecule has 12 nitrogen and oxygen atoms in total. The zero-order valence-corrected chi connectivity index (χ0v) is 30.6. The van der Waals surface area contributed by atoms with Crippen molar-refractivity contribution in [2.75, 3.05) is 34.3 Å². The number of hydrogen-bond donors (Lipinski definition) is 4. The molecule has 0 fully saturated rings. The number of methoxy groups -OCH3 is 2. The lowest BCUT2D eigenvalue weighted by atomic mass is 10.0. The monoisotopic (exact) mass is 762 g/mol. The third-order valence-corrected chi connectivity index (χ3v) is 11.0. The van der Waals surface area contributed by atoms with E-state index < -0.39 is 31.9 Å². The highest BCUT2D eigenvalue weighted by Crippen LogP contribution is 2.27. The van der Waals surface area contributed by atoms with Crippen LogP contribution >= 0.6 is 0 Å². The second-order valence-electron chi connectivity index (χ2n) is 11.7. The van der Waals surface area contributed by atoms with E-state index in [2.05, 4.69) is 20.1 Å². The Morgan fingerprint density at radius 3 is 1.11 bits per heavy atom. The lowest BCUT2D eigenvalue weighted by molar-refractivity contribution is 0.101. The van der Waals surface area contributed by atoms with Crippen molar-refractivity contribution in [3.05, 3.63) is 157 Å². The molecule has 4 N–H and O–H groups in total. The molecule has 6 rings (SSSR count). The van der Waals surface area contributed by atoms with E-state index in [1.807, 2.05) is 24.3 Å². The topological polar surface area (TPSA) is 169 Å². The molecule has 0 heterocycles. The van der Waals surface area contributed by atoms with E-state index in [4.69, 9.17) is 9.47 Å². The number of nitrogens with one attached hydrogen (secondary N) is 4. The highest BCUT2D eigenvalue weighted by molar-refractivity contribution is 7.93. The number of sulfonamides is 2. The third-order valence-electron chi connectivity index (χ3n) is 8.19. The molecule has 274 valence electrons. The molecule has 0 spiro atoms. The maximum Gasteiger partial charge on any atom is 0.261 e. The highest BCUT2D eigenvalue weighted by atomic mass is 32.2. The summed E-state index contributed by atoms with van der Waals surface area (Å²) in [6.45, 7) is 0. The standard InChI is InChI=1S/C40H34N4O8S2/c1-51-31-19-23-33(24-20-31)53(47,48)43-37-9-5-3-7-35(37)39(45)41-29-15-11-27(12-16-29)28-13-17-30(18-14-28)42-40(46)36-8-4-6-10-38(36)44-54(49,50)34-25-21-32(52-2)22-26-34/h3-26,43-44H,1-2H3,(H,41,45)(H,42,46). The molecule has 0 saturated heterocycles. The van der Waals surface area contributed by atoms with Crippen LogP contribution in [0.4, 0.5) is 22.7 Å². The fraction of sp³-hybridized carbons (Fsp3) is 0.0500. The number of rotatable bonds is 13. The van der Waals surface area contributed by atoms with Crippen LogP contribution in [0.1, 0.15) is 20.7 Å². The van der Waals surface area contributed by atoms with Crippen LogP contribution in [0, 0.1) is 0 Å². The van der Waals surface area contributed by atoms with Gasteiger partial charge in [0, 0.05) is 11.4 Å². The molecule has 0 aliphatic heterocycles. The second-order valence-corrected chi connectivity index (χ2v) is 15.1. The first-order valence-corrected chi connectivity index (χ1v) is 19.3. The van der Waals surface area contributed by atoms with Crippen molar-refractivity contribution < 1.29 is 35.9 Å². The largest absolute Gasteiger partial charge is 0.497 e. The van der Waals surface area contributed by atoms with Crippen molar-refractivity contribution in [3.8, 4) is 22.6 Å². The van der Waals surface area contributed by atoms with Crippen LogP contribution < -0.4 is 29.6 Å². The molecule has 54 heavy (non-hydrogen) atoms. The van der Waals surface area contributed by atoms with Crippen LogP contribution in [0.3, 0.4) is 0 Å². The molecule has 0 atom stereocenters. The third kappa shape index (κ3) is 8.69. The minimum absolute atomic E-state index is 0.0152. The molecule has 0 saturated carbocycles. The maximum atomic E-state index is 13.3. The van der Waals surface area contributed by atoms with Crippen molar-refractivity contribution in [2.24, 2.45) is 0 Å². The van der Waals surface area contributed by atoms with Crippen LogP contribution in [0.25, 0.3) is 11.1 Å². The summed E-state index contributed by atoms with van der Waals surface area (Å²) in [5, 5.41) is 5.62. The Kier molecular flexibility index (Phi) is 11.0. The zero-order chi connectivity index (χ0) is 38.3. The van der Waals surface area contributed by atoms with Crippen LogP contribution in [0.2, 0.25) is 0 Å². The lowest BCUT2D eigenvalue weighted by Gasteiger charge is -2.14. The van der Waals surface area contributed by atoms with Gasteiger partial charge in [-0.15, -0.1) is 0 Å². The number of hydrogen-bond acceptors (Lipinski definition) is 8. The van der Waals surface area contributed by atoms with Gasteiger partial charge in [-0.2, -0.15) is 0 Å². The van der Waals surface area contributed by atoms with E-state index in [9.17, 15) is 26.4 Å². The average molecular weight is 763 g/mol. The number of ether oxygens (including phenoxy) is 2. The van der Waals surface area contributed by atoms with Gasteiger partial charge in [0.1, 0.15) is 11.5 Å². The second kappa shape index (κ2) is 15.9. The molecule has 14 heteroatoms. The summed E-state index contributed by atoms with van der Waals surface area (Å²) >= 11 is 0. The van der Waals surface area contributed by atoms with Gasteiger partial charge in [-0.1, -0.05) is 48.5 Å². The first kappa shape index (κ1) is 37.1. The van der Waals surface area contributed by atoms with Crippen molar-refractivity contribution >= 4 is 54.6 Å². The smallest absolute Gasteiger partial charge is 0.261 e. The maximum absolute atomic E-state index is 13.3. The fourth-order valence-electron chi connectivity index (χ4n) is 5.35. The molecule has 0 radical (unpaired) electrons. The number of carbonyl (C=O) groups is 2. The Morgan fingerprint density at radius 2 is 0.778 bits per heavy atom. The Morgan fingerprint density at radius 1 is 0.444 bits per heavy atom. The Labute approximate surface area is 312 Å². The van der Waals surface area contributed by atoms with Crippen molar-refractivity contribution in [3.63, 3.8) is 0 Å². The molecule has 6 aromatic rings. The van der Waals surface area contributed by atoms with Crippen LogP contribution in [0.5, 0.6) is 11.5 Å². The van der Waals surface area contributed by atoms with Crippen LogP contribution in [0.15, 0.2) is 155 Å². The summed E-state index contributed by atoms with van der Waals surface area (Å²) in [6, 6.07) is 38.5. The van der Waals surface area contributed by atoms with Crippen LogP contribution in [-0.2, 0) is 20.0 Å². The number of amides is 2. The van der Waals surface area contributed by atoms with Gasteiger partial charge < -0.3 is 20.1 Å². The molecule has 0 aliphatic rings. The van der Waals surface area contributed by atoms with E-state index in [1.54, 1.807) is 48.5 Å². The van der Waals surface area contributed by atoms with E-state index in [0.29, 0.717) is 22.9 Å². The first-order chi connectivity index (χ1) is 26.0. The highest BCUT2D eigenvalue weighted by Gasteiger charge is 2.21. The summed E-state index contributed by atoms with van der Waals surface area (Å²) in [4.78, 5) is 26.6. The summed E-state index contributed by atoms with van der Waals surface area (Å²) in [5.41, 5.74) is 3.14. The van der Waals surface area contributed by atoms with E-state index in [-0.39, 0.29) is 32.3 Å². The van der Waals surface area contributed by atoms with Crippen LogP contribution in [-0.4, -0.2) is 42.9 Å². The summed E-state index contributed by atoms with van der Waals surface area (Å²) in [6.07, 6.45) is 0. The van der Waals surface area contributed by atoms with Gasteiger partial charge >= 0.3 is 0 Å². The fourth-order valence-corrected chi connectivity index (χ4v) is 7.51. The predicted molar refractivity (Wildman–Crippen MR) is 208 cm³/mol. The lowest BCUT2D eigenvalue weighted by Crippen LogP contribution is -2.18. The van der Waals surface area contributed by atoms with Gasteiger partial charge in [0.15, 0.2) is 0 Å². The van der Waals surface area contributed by atoms with Gasteiger partial charge in [-0.3, -0.25) is 19.0 Å². The van der Waals surface area contributed by atoms with Gasteiger partial charge in [0.2, 0.25) is 0 Å².